The molecule has 0 saturated carbocycles. The summed E-state index contributed by atoms with van der Waals surface area (Å²) in [5, 5.41) is 6.94. The van der Waals surface area contributed by atoms with E-state index >= 15 is 0 Å². The van der Waals surface area contributed by atoms with Gasteiger partial charge in [-0.05, 0) is 37.6 Å². The Bertz CT molecular complexity index is 866. The van der Waals surface area contributed by atoms with Crippen molar-refractivity contribution in [3.8, 4) is 0 Å². The highest BCUT2D eigenvalue weighted by Gasteiger charge is 2.12. The second-order valence-corrected chi connectivity index (χ2v) is 6.08. The van der Waals surface area contributed by atoms with Crippen molar-refractivity contribution in [1.29, 1.82) is 0 Å². The molecule has 3 aromatic rings. The third-order valence-corrected chi connectivity index (χ3v) is 3.93. The Balaban J connectivity index is 2.17. The quantitative estimate of drug-likeness (QED) is 0.725. The van der Waals surface area contributed by atoms with Gasteiger partial charge in [-0.25, -0.2) is 4.68 Å². The van der Waals surface area contributed by atoms with Crippen molar-refractivity contribution in [1.82, 2.24) is 9.78 Å². The van der Waals surface area contributed by atoms with E-state index in [1.54, 1.807) is 4.68 Å². The van der Waals surface area contributed by atoms with Crippen LogP contribution >= 0.6 is 11.6 Å². The topological polar surface area (TPSA) is 34.9 Å². The summed E-state index contributed by atoms with van der Waals surface area (Å²) in [4.78, 5) is 12.5. The molecular formula is C18H17ClN2O. The standard InChI is InChI=1S/C18H17ClN2O/c1-12(2)21-18(22)16-6-4-3-5-15(16)17(20-21)11-13-7-9-14(19)10-8-13/h3-10,12H,11H2,1-2H3. The smallest absolute Gasteiger partial charge is 0.267 e. The summed E-state index contributed by atoms with van der Waals surface area (Å²) < 4.78 is 1.56. The van der Waals surface area contributed by atoms with Crippen molar-refractivity contribution in [3.05, 3.63) is 75.2 Å². The van der Waals surface area contributed by atoms with Crippen LogP contribution in [0, 0.1) is 0 Å². The predicted molar refractivity (Wildman–Crippen MR) is 90.6 cm³/mol. The van der Waals surface area contributed by atoms with E-state index in [4.69, 9.17) is 11.6 Å². The summed E-state index contributed by atoms with van der Waals surface area (Å²) in [6, 6.07) is 15.4. The van der Waals surface area contributed by atoms with Crippen molar-refractivity contribution in [2.24, 2.45) is 0 Å². The van der Waals surface area contributed by atoms with E-state index in [0.717, 1.165) is 22.0 Å². The highest BCUT2D eigenvalue weighted by atomic mass is 35.5. The second-order valence-electron chi connectivity index (χ2n) is 5.64. The third-order valence-electron chi connectivity index (χ3n) is 3.68. The van der Waals surface area contributed by atoms with E-state index in [0.29, 0.717) is 11.4 Å². The van der Waals surface area contributed by atoms with E-state index in [9.17, 15) is 4.79 Å². The van der Waals surface area contributed by atoms with Gasteiger partial charge in [0.25, 0.3) is 5.56 Å². The number of nitrogens with zero attached hydrogens (tertiary/aromatic N) is 2. The average Bonchev–Trinajstić information content (AvgIpc) is 2.52. The van der Waals surface area contributed by atoms with Crippen LogP contribution in [0.4, 0.5) is 0 Å². The first-order valence-corrected chi connectivity index (χ1v) is 7.69. The Morgan fingerprint density at radius 3 is 2.32 bits per heavy atom. The summed E-state index contributed by atoms with van der Waals surface area (Å²) in [5.41, 5.74) is 1.99. The van der Waals surface area contributed by atoms with Crippen molar-refractivity contribution in [3.63, 3.8) is 0 Å². The summed E-state index contributed by atoms with van der Waals surface area (Å²) in [5.74, 6) is 0. The molecule has 3 nitrogen and oxygen atoms in total. The van der Waals surface area contributed by atoms with E-state index in [2.05, 4.69) is 5.10 Å². The van der Waals surface area contributed by atoms with Crippen LogP contribution in [0.5, 0.6) is 0 Å². The maximum atomic E-state index is 12.5. The van der Waals surface area contributed by atoms with E-state index in [1.807, 2.05) is 62.4 Å². The lowest BCUT2D eigenvalue weighted by atomic mass is 10.0. The largest absolute Gasteiger partial charge is 0.274 e. The summed E-state index contributed by atoms with van der Waals surface area (Å²) >= 11 is 5.94. The number of benzene rings is 2. The molecule has 1 heterocycles. The molecule has 0 fully saturated rings. The van der Waals surface area contributed by atoms with Crippen LogP contribution in [-0.4, -0.2) is 9.78 Å². The fraction of sp³-hybridized carbons (Fsp3) is 0.222. The van der Waals surface area contributed by atoms with Crippen molar-refractivity contribution < 1.29 is 0 Å². The zero-order chi connectivity index (χ0) is 15.7. The van der Waals surface area contributed by atoms with E-state index < -0.39 is 0 Å². The molecule has 22 heavy (non-hydrogen) atoms. The van der Waals surface area contributed by atoms with Crippen LogP contribution in [-0.2, 0) is 6.42 Å². The summed E-state index contributed by atoms with van der Waals surface area (Å²) in [7, 11) is 0. The second kappa shape index (κ2) is 5.93. The van der Waals surface area contributed by atoms with Gasteiger partial charge in [0.1, 0.15) is 0 Å². The van der Waals surface area contributed by atoms with Gasteiger partial charge >= 0.3 is 0 Å². The van der Waals surface area contributed by atoms with E-state index in [-0.39, 0.29) is 11.6 Å². The maximum absolute atomic E-state index is 12.5. The molecule has 0 aliphatic heterocycles. The lowest BCUT2D eigenvalue weighted by Crippen LogP contribution is -2.26. The molecule has 0 radical (unpaired) electrons. The van der Waals surface area contributed by atoms with Gasteiger partial charge in [-0.15, -0.1) is 0 Å². The first-order valence-electron chi connectivity index (χ1n) is 7.31. The number of fused-ring (bicyclic) bond motifs is 1. The Hall–Kier alpha value is -2.13. The van der Waals surface area contributed by atoms with Crippen molar-refractivity contribution in [2.75, 3.05) is 0 Å². The minimum atomic E-state index is -0.0366. The SMILES string of the molecule is CC(C)n1nc(Cc2ccc(Cl)cc2)c2ccccc2c1=O. The molecule has 112 valence electrons. The molecular weight excluding hydrogens is 296 g/mol. The predicted octanol–water partition coefficient (Wildman–Crippen LogP) is 4.22. The van der Waals surface area contributed by atoms with Gasteiger partial charge in [-0.1, -0.05) is 41.9 Å². The number of halogens is 1. The maximum Gasteiger partial charge on any atom is 0.274 e. The Kier molecular flexibility index (Phi) is 3.99. The molecule has 0 N–H and O–H groups in total. The molecule has 3 rings (SSSR count). The van der Waals surface area contributed by atoms with Gasteiger partial charge in [-0.2, -0.15) is 5.10 Å². The molecule has 0 aliphatic rings. The Morgan fingerprint density at radius 1 is 1.05 bits per heavy atom. The lowest BCUT2D eigenvalue weighted by molar-refractivity contribution is 0.500. The lowest BCUT2D eigenvalue weighted by Gasteiger charge is -2.13. The first-order chi connectivity index (χ1) is 10.6. The minimum Gasteiger partial charge on any atom is -0.267 e. The van der Waals surface area contributed by atoms with Crippen LogP contribution in [0.15, 0.2) is 53.3 Å². The van der Waals surface area contributed by atoms with Gasteiger partial charge in [0.15, 0.2) is 0 Å². The van der Waals surface area contributed by atoms with Crippen molar-refractivity contribution >= 4 is 22.4 Å². The van der Waals surface area contributed by atoms with Gasteiger partial charge in [0.2, 0.25) is 0 Å². The Morgan fingerprint density at radius 2 is 1.68 bits per heavy atom. The van der Waals surface area contributed by atoms with Crippen LogP contribution in [0.1, 0.15) is 31.1 Å². The molecule has 0 saturated heterocycles. The molecule has 0 unspecified atom stereocenters. The van der Waals surface area contributed by atoms with Gasteiger partial charge < -0.3 is 0 Å². The number of hydrogen-bond donors (Lipinski definition) is 0. The van der Waals surface area contributed by atoms with Crippen LogP contribution in [0.25, 0.3) is 10.8 Å². The molecule has 2 aromatic carbocycles. The van der Waals surface area contributed by atoms with Gasteiger partial charge in [0.05, 0.1) is 17.1 Å². The normalized spacial score (nSPS) is 11.3. The highest BCUT2D eigenvalue weighted by molar-refractivity contribution is 6.30. The van der Waals surface area contributed by atoms with Crippen molar-refractivity contribution in [2.45, 2.75) is 26.3 Å². The van der Waals surface area contributed by atoms with Crippen LogP contribution in [0.2, 0.25) is 5.02 Å². The Labute approximate surface area is 134 Å². The monoisotopic (exact) mass is 312 g/mol. The van der Waals surface area contributed by atoms with Gasteiger partial charge in [-0.3, -0.25) is 4.79 Å². The number of hydrogen-bond acceptors (Lipinski definition) is 2. The minimum absolute atomic E-state index is 0.0288. The fourth-order valence-corrected chi connectivity index (χ4v) is 2.68. The number of rotatable bonds is 3. The molecule has 1 aromatic heterocycles. The number of aromatic nitrogens is 2. The zero-order valence-electron chi connectivity index (χ0n) is 12.6. The molecule has 4 heteroatoms. The summed E-state index contributed by atoms with van der Waals surface area (Å²) in [6.07, 6.45) is 0.671. The fourth-order valence-electron chi connectivity index (χ4n) is 2.55. The first kappa shape index (κ1) is 14.8. The van der Waals surface area contributed by atoms with E-state index in [1.165, 1.54) is 0 Å². The highest BCUT2D eigenvalue weighted by Crippen LogP contribution is 2.19. The zero-order valence-corrected chi connectivity index (χ0v) is 13.3. The van der Waals surface area contributed by atoms with Gasteiger partial charge in [0, 0.05) is 16.8 Å². The molecule has 0 atom stereocenters. The van der Waals surface area contributed by atoms with Crippen LogP contribution in [0.3, 0.4) is 0 Å². The molecule has 0 spiro atoms. The molecule has 0 bridgehead atoms. The summed E-state index contributed by atoms with van der Waals surface area (Å²) in [6.45, 7) is 3.94. The average molecular weight is 313 g/mol. The molecule has 0 aliphatic carbocycles. The third kappa shape index (κ3) is 2.77. The molecule has 0 amide bonds. The van der Waals surface area contributed by atoms with Crippen LogP contribution < -0.4 is 5.56 Å².